The van der Waals surface area contributed by atoms with Crippen LogP contribution in [0.5, 0.6) is 0 Å². The van der Waals surface area contributed by atoms with Gasteiger partial charge in [0.1, 0.15) is 0 Å². The van der Waals surface area contributed by atoms with Crippen LogP contribution >= 0.6 is 22.6 Å². The zero-order valence-corrected chi connectivity index (χ0v) is 9.70. The highest BCUT2D eigenvalue weighted by Crippen LogP contribution is 2.37. The van der Waals surface area contributed by atoms with Crippen LogP contribution in [0.25, 0.3) is 0 Å². The third-order valence-corrected chi connectivity index (χ3v) is 3.57. The Morgan fingerprint density at radius 3 is 2.69 bits per heavy atom. The van der Waals surface area contributed by atoms with E-state index in [4.69, 9.17) is 5.73 Å². The number of halogens is 1. The van der Waals surface area contributed by atoms with Crippen molar-refractivity contribution in [1.29, 1.82) is 0 Å². The Balaban J connectivity index is 2.09. The molecule has 2 N–H and O–H groups in total. The molecule has 0 saturated heterocycles. The summed E-state index contributed by atoms with van der Waals surface area (Å²) in [4.78, 5) is 0. The molecule has 0 unspecified atom stereocenters. The quantitative estimate of drug-likeness (QED) is 0.849. The van der Waals surface area contributed by atoms with Crippen molar-refractivity contribution in [2.45, 2.75) is 25.3 Å². The Morgan fingerprint density at radius 1 is 1.38 bits per heavy atom. The van der Waals surface area contributed by atoms with Crippen molar-refractivity contribution in [3.8, 4) is 0 Å². The van der Waals surface area contributed by atoms with E-state index in [9.17, 15) is 0 Å². The fourth-order valence-corrected chi connectivity index (χ4v) is 2.40. The van der Waals surface area contributed by atoms with Gasteiger partial charge in [-0.3, -0.25) is 0 Å². The van der Waals surface area contributed by atoms with Gasteiger partial charge in [-0.05, 0) is 46.6 Å². The molecule has 0 aromatic heterocycles. The molecule has 1 fully saturated rings. The van der Waals surface area contributed by atoms with Crippen LogP contribution in [0.1, 0.15) is 30.9 Å². The number of hydrogen-bond donors (Lipinski definition) is 1. The average Bonchev–Trinajstić information content (AvgIpc) is 2.89. The second-order valence-corrected chi connectivity index (χ2v) is 4.97. The van der Waals surface area contributed by atoms with Crippen LogP contribution in [0, 0.1) is 9.49 Å². The summed E-state index contributed by atoms with van der Waals surface area (Å²) in [5, 5.41) is 0. The molecule has 1 aliphatic carbocycles. The summed E-state index contributed by atoms with van der Waals surface area (Å²) >= 11 is 2.36. The summed E-state index contributed by atoms with van der Waals surface area (Å²) in [5.74, 6) is 0.908. The van der Waals surface area contributed by atoms with Gasteiger partial charge >= 0.3 is 0 Å². The molecule has 13 heavy (non-hydrogen) atoms. The van der Waals surface area contributed by atoms with Gasteiger partial charge < -0.3 is 5.73 Å². The van der Waals surface area contributed by atoms with Gasteiger partial charge in [0.25, 0.3) is 0 Å². The lowest BCUT2D eigenvalue weighted by Crippen LogP contribution is -2.12. The van der Waals surface area contributed by atoms with E-state index in [1.54, 1.807) is 0 Å². The van der Waals surface area contributed by atoms with Crippen LogP contribution in [-0.4, -0.2) is 0 Å². The highest BCUT2D eigenvalue weighted by Gasteiger charge is 2.24. The molecule has 1 aliphatic rings. The molecule has 1 nitrogen and oxygen atoms in total. The Hall–Kier alpha value is -0.0900. The van der Waals surface area contributed by atoms with Crippen molar-refractivity contribution < 1.29 is 0 Å². The van der Waals surface area contributed by atoms with Crippen molar-refractivity contribution in [3.63, 3.8) is 0 Å². The Bertz CT molecular complexity index is 294. The van der Waals surface area contributed by atoms with Crippen LogP contribution in [0.3, 0.4) is 0 Å². The van der Waals surface area contributed by atoms with E-state index in [-0.39, 0.29) is 6.04 Å². The van der Waals surface area contributed by atoms with Crippen LogP contribution in [0.2, 0.25) is 0 Å². The first-order valence-corrected chi connectivity index (χ1v) is 5.85. The second-order valence-electron chi connectivity index (χ2n) is 3.81. The molecule has 2 rings (SSSR count). The summed E-state index contributed by atoms with van der Waals surface area (Å²) in [6.45, 7) is 0. The molecule has 0 amide bonds. The first kappa shape index (κ1) is 9.46. The molecule has 1 aromatic rings. The van der Waals surface area contributed by atoms with Crippen molar-refractivity contribution in [3.05, 3.63) is 33.4 Å². The fraction of sp³-hybridized carbons (Fsp3) is 0.455. The fourth-order valence-electron chi connectivity index (χ4n) is 1.62. The summed E-state index contributed by atoms with van der Waals surface area (Å²) in [5.41, 5.74) is 7.45. The smallest absolute Gasteiger partial charge is 0.0308 e. The van der Waals surface area contributed by atoms with E-state index in [0.717, 1.165) is 5.92 Å². The van der Waals surface area contributed by atoms with Gasteiger partial charge in [0, 0.05) is 9.61 Å². The maximum absolute atomic E-state index is 6.13. The van der Waals surface area contributed by atoms with Crippen molar-refractivity contribution in [1.82, 2.24) is 0 Å². The van der Waals surface area contributed by atoms with Gasteiger partial charge in [-0.15, -0.1) is 0 Å². The van der Waals surface area contributed by atoms with E-state index in [2.05, 4.69) is 46.9 Å². The third kappa shape index (κ3) is 2.44. The van der Waals surface area contributed by atoms with E-state index >= 15 is 0 Å². The van der Waals surface area contributed by atoms with E-state index in [1.165, 1.54) is 28.4 Å². The first-order chi connectivity index (χ1) is 6.27. The second kappa shape index (κ2) is 3.96. The lowest BCUT2D eigenvalue weighted by Gasteiger charge is -2.12. The Morgan fingerprint density at radius 2 is 2.08 bits per heavy atom. The number of nitrogens with two attached hydrogens (primary N) is 1. The zero-order chi connectivity index (χ0) is 9.26. The highest BCUT2D eigenvalue weighted by atomic mass is 127. The lowest BCUT2D eigenvalue weighted by atomic mass is 10.0. The topological polar surface area (TPSA) is 26.0 Å². The van der Waals surface area contributed by atoms with Gasteiger partial charge in [0.2, 0.25) is 0 Å². The van der Waals surface area contributed by atoms with E-state index in [1.807, 2.05) is 0 Å². The predicted octanol–water partition coefficient (Wildman–Crippen LogP) is 3.09. The minimum atomic E-state index is 0.251. The summed E-state index contributed by atoms with van der Waals surface area (Å²) in [7, 11) is 0. The zero-order valence-electron chi connectivity index (χ0n) is 7.54. The monoisotopic (exact) mass is 287 g/mol. The Kier molecular flexibility index (Phi) is 2.89. The molecular formula is C11H14IN. The van der Waals surface area contributed by atoms with E-state index in [0.29, 0.717) is 0 Å². The van der Waals surface area contributed by atoms with Gasteiger partial charge in [-0.1, -0.05) is 31.0 Å². The molecule has 0 aliphatic heterocycles. The molecule has 0 heterocycles. The largest absolute Gasteiger partial charge is 0.324 e. The minimum Gasteiger partial charge on any atom is -0.324 e. The van der Waals surface area contributed by atoms with Crippen molar-refractivity contribution >= 4 is 22.6 Å². The van der Waals surface area contributed by atoms with Crippen LogP contribution < -0.4 is 5.73 Å². The van der Waals surface area contributed by atoms with Crippen LogP contribution in [0.15, 0.2) is 24.3 Å². The molecule has 1 saturated carbocycles. The summed E-state index contributed by atoms with van der Waals surface area (Å²) in [6, 6.07) is 8.66. The summed E-state index contributed by atoms with van der Waals surface area (Å²) in [6.07, 6.45) is 3.94. The number of rotatable bonds is 3. The minimum absolute atomic E-state index is 0.251. The molecule has 70 valence electrons. The highest BCUT2D eigenvalue weighted by molar-refractivity contribution is 14.1. The van der Waals surface area contributed by atoms with Gasteiger partial charge in [-0.25, -0.2) is 0 Å². The maximum Gasteiger partial charge on any atom is 0.0308 e. The first-order valence-electron chi connectivity index (χ1n) is 4.77. The Labute approximate surface area is 92.9 Å². The molecule has 0 spiro atoms. The van der Waals surface area contributed by atoms with Crippen molar-refractivity contribution in [2.75, 3.05) is 0 Å². The van der Waals surface area contributed by atoms with E-state index < -0.39 is 0 Å². The normalized spacial score (nSPS) is 18.6. The average molecular weight is 287 g/mol. The number of benzene rings is 1. The molecule has 0 bridgehead atoms. The predicted molar refractivity (Wildman–Crippen MR) is 63.4 cm³/mol. The molecule has 1 atom stereocenters. The SMILES string of the molecule is N[C@H](CC1CC1)c1ccccc1I. The number of hydrogen-bond acceptors (Lipinski definition) is 1. The molecule has 0 radical (unpaired) electrons. The van der Waals surface area contributed by atoms with Gasteiger partial charge in [-0.2, -0.15) is 0 Å². The third-order valence-electron chi connectivity index (χ3n) is 2.59. The molecule has 1 aromatic carbocycles. The van der Waals surface area contributed by atoms with Crippen LogP contribution in [-0.2, 0) is 0 Å². The molecule has 2 heteroatoms. The summed E-state index contributed by atoms with van der Waals surface area (Å²) < 4.78 is 1.30. The van der Waals surface area contributed by atoms with Crippen LogP contribution in [0.4, 0.5) is 0 Å². The maximum atomic E-state index is 6.13. The van der Waals surface area contributed by atoms with Gasteiger partial charge in [0.05, 0.1) is 0 Å². The van der Waals surface area contributed by atoms with Crippen molar-refractivity contribution in [2.24, 2.45) is 11.7 Å². The lowest BCUT2D eigenvalue weighted by molar-refractivity contribution is 0.595. The van der Waals surface area contributed by atoms with Gasteiger partial charge in [0.15, 0.2) is 0 Å². The standard InChI is InChI=1S/C11H14IN/c12-10-4-2-1-3-9(10)11(13)7-8-5-6-8/h1-4,8,11H,5-7,13H2/t11-/m1/s1. The molecular weight excluding hydrogens is 273 g/mol.